The van der Waals surface area contributed by atoms with Crippen LogP contribution in [-0.4, -0.2) is 9.97 Å². The van der Waals surface area contributed by atoms with Gasteiger partial charge in [-0.3, -0.25) is 0 Å². The molecule has 0 atom stereocenters. The Balaban J connectivity index is 2.30. The van der Waals surface area contributed by atoms with E-state index in [1.54, 1.807) is 13.0 Å². The number of nitrogens with zero attached hydrogens (tertiary/aromatic N) is 2. The van der Waals surface area contributed by atoms with E-state index in [2.05, 4.69) is 9.97 Å². The lowest BCUT2D eigenvalue weighted by Crippen LogP contribution is -1.95. The van der Waals surface area contributed by atoms with Gasteiger partial charge in [-0.1, -0.05) is 23.2 Å². The molecule has 0 aliphatic carbocycles. The highest BCUT2D eigenvalue weighted by atomic mass is 35.5. The van der Waals surface area contributed by atoms with Crippen molar-refractivity contribution in [2.24, 2.45) is 0 Å². The highest BCUT2D eigenvalue weighted by Gasteiger charge is 2.13. The third-order valence-corrected chi connectivity index (χ3v) is 3.86. The van der Waals surface area contributed by atoms with Gasteiger partial charge in [0.1, 0.15) is 11.0 Å². The van der Waals surface area contributed by atoms with Crippen LogP contribution < -0.4 is 0 Å². The summed E-state index contributed by atoms with van der Waals surface area (Å²) in [5.74, 6) is 0.146. The van der Waals surface area contributed by atoms with Gasteiger partial charge >= 0.3 is 0 Å². The number of hydrogen-bond donors (Lipinski definition) is 0. The Morgan fingerprint density at radius 2 is 1.76 bits per heavy atom. The van der Waals surface area contributed by atoms with Gasteiger partial charge in [-0.2, -0.15) is 0 Å². The summed E-state index contributed by atoms with van der Waals surface area (Å²) in [7, 11) is 0. The van der Waals surface area contributed by atoms with Gasteiger partial charge in [-0.05, 0) is 55.3 Å². The molecule has 0 saturated carbocycles. The maximum atomic E-state index is 13.2. The second-order valence-corrected chi connectivity index (χ2v) is 5.71. The van der Waals surface area contributed by atoms with E-state index in [-0.39, 0.29) is 5.82 Å². The van der Waals surface area contributed by atoms with E-state index in [1.165, 1.54) is 12.1 Å². The SMILES string of the molecule is Cc1cc(Cl)c2nc(-c3ccc(F)cc3C)nc(Cl)c2c1. The van der Waals surface area contributed by atoms with Crippen molar-refractivity contribution >= 4 is 34.1 Å². The summed E-state index contributed by atoms with van der Waals surface area (Å²) in [6.45, 7) is 3.73. The van der Waals surface area contributed by atoms with E-state index >= 15 is 0 Å². The average molecular weight is 321 g/mol. The van der Waals surface area contributed by atoms with Crippen LogP contribution in [0.2, 0.25) is 10.2 Å². The minimum absolute atomic E-state index is 0.295. The molecule has 0 spiro atoms. The van der Waals surface area contributed by atoms with E-state index < -0.39 is 0 Å². The predicted octanol–water partition coefficient (Wildman–Crippen LogP) is 5.36. The first kappa shape index (κ1) is 14.2. The zero-order valence-electron chi connectivity index (χ0n) is 11.4. The smallest absolute Gasteiger partial charge is 0.161 e. The summed E-state index contributed by atoms with van der Waals surface area (Å²) in [5, 5.41) is 1.57. The Labute approximate surface area is 131 Å². The standard InChI is InChI=1S/C16H11Cl2FN2/c1-8-5-12-14(13(17)6-8)20-16(21-15(12)18)11-4-3-10(19)7-9(11)2/h3-7H,1-2H3. The van der Waals surface area contributed by atoms with Gasteiger partial charge in [0.2, 0.25) is 0 Å². The highest BCUT2D eigenvalue weighted by Crippen LogP contribution is 2.31. The Morgan fingerprint density at radius 1 is 1.00 bits per heavy atom. The summed E-state index contributed by atoms with van der Waals surface area (Å²) in [4.78, 5) is 8.81. The molecular formula is C16H11Cl2FN2. The lowest BCUT2D eigenvalue weighted by molar-refractivity contribution is 0.627. The average Bonchev–Trinajstić information content (AvgIpc) is 2.40. The Morgan fingerprint density at radius 3 is 2.48 bits per heavy atom. The molecule has 0 amide bonds. The molecule has 1 heterocycles. The van der Waals surface area contributed by atoms with Gasteiger partial charge < -0.3 is 0 Å². The molecule has 0 aliphatic heterocycles. The van der Waals surface area contributed by atoms with E-state index in [4.69, 9.17) is 23.2 Å². The van der Waals surface area contributed by atoms with Crippen LogP contribution in [0.1, 0.15) is 11.1 Å². The topological polar surface area (TPSA) is 25.8 Å². The zero-order chi connectivity index (χ0) is 15.1. The van der Waals surface area contributed by atoms with Crippen molar-refractivity contribution in [3.05, 3.63) is 57.5 Å². The highest BCUT2D eigenvalue weighted by molar-refractivity contribution is 6.38. The van der Waals surface area contributed by atoms with Crippen LogP contribution in [0, 0.1) is 19.7 Å². The molecule has 1 aromatic heterocycles. The molecule has 0 N–H and O–H groups in total. The Hall–Kier alpha value is -1.71. The van der Waals surface area contributed by atoms with Crippen LogP contribution in [0.3, 0.4) is 0 Å². The minimum atomic E-state index is -0.295. The van der Waals surface area contributed by atoms with Crippen LogP contribution in [0.4, 0.5) is 4.39 Å². The molecule has 0 radical (unpaired) electrons. The van der Waals surface area contributed by atoms with Gasteiger partial charge in [-0.25, -0.2) is 14.4 Å². The van der Waals surface area contributed by atoms with Gasteiger partial charge in [-0.15, -0.1) is 0 Å². The van der Waals surface area contributed by atoms with Crippen molar-refractivity contribution in [3.63, 3.8) is 0 Å². The fraction of sp³-hybridized carbons (Fsp3) is 0.125. The normalized spacial score (nSPS) is 11.1. The number of hydrogen-bond acceptors (Lipinski definition) is 2. The first-order valence-electron chi connectivity index (χ1n) is 6.35. The molecular weight excluding hydrogens is 310 g/mol. The first-order valence-corrected chi connectivity index (χ1v) is 7.11. The quantitative estimate of drug-likeness (QED) is 0.564. The Kier molecular flexibility index (Phi) is 3.56. The molecule has 3 rings (SSSR count). The first-order chi connectivity index (χ1) is 9.95. The number of benzene rings is 2. The third-order valence-electron chi connectivity index (χ3n) is 3.28. The van der Waals surface area contributed by atoms with Gasteiger partial charge in [0.25, 0.3) is 0 Å². The number of fused-ring (bicyclic) bond motifs is 1. The fourth-order valence-electron chi connectivity index (χ4n) is 2.29. The molecule has 106 valence electrons. The maximum absolute atomic E-state index is 13.2. The second-order valence-electron chi connectivity index (χ2n) is 4.94. The van der Waals surface area contributed by atoms with Crippen LogP contribution in [0.25, 0.3) is 22.3 Å². The second kappa shape index (κ2) is 5.24. The van der Waals surface area contributed by atoms with Crippen molar-refractivity contribution in [1.82, 2.24) is 9.97 Å². The summed E-state index contributed by atoms with van der Waals surface area (Å²) < 4.78 is 13.2. The molecule has 2 nitrogen and oxygen atoms in total. The molecule has 0 bridgehead atoms. The number of aryl methyl sites for hydroxylation is 2. The lowest BCUT2D eigenvalue weighted by atomic mass is 10.1. The van der Waals surface area contributed by atoms with E-state index in [0.29, 0.717) is 26.9 Å². The van der Waals surface area contributed by atoms with Crippen molar-refractivity contribution in [1.29, 1.82) is 0 Å². The number of aromatic nitrogens is 2. The van der Waals surface area contributed by atoms with Crippen molar-refractivity contribution in [3.8, 4) is 11.4 Å². The van der Waals surface area contributed by atoms with E-state index in [9.17, 15) is 4.39 Å². The Bertz CT molecular complexity index is 863. The summed E-state index contributed by atoms with van der Waals surface area (Å²) in [6.07, 6.45) is 0. The fourth-order valence-corrected chi connectivity index (χ4v) is 2.83. The predicted molar refractivity (Wildman–Crippen MR) is 84.4 cm³/mol. The molecule has 21 heavy (non-hydrogen) atoms. The lowest BCUT2D eigenvalue weighted by Gasteiger charge is -2.09. The molecule has 0 fully saturated rings. The maximum Gasteiger partial charge on any atom is 0.161 e. The molecule has 3 aromatic rings. The molecule has 0 aliphatic rings. The van der Waals surface area contributed by atoms with E-state index in [0.717, 1.165) is 16.7 Å². The monoisotopic (exact) mass is 320 g/mol. The number of rotatable bonds is 1. The number of halogens is 3. The molecule has 0 unspecified atom stereocenters. The molecule has 0 saturated heterocycles. The zero-order valence-corrected chi connectivity index (χ0v) is 12.9. The van der Waals surface area contributed by atoms with Crippen LogP contribution in [0.15, 0.2) is 30.3 Å². The van der Waals surface area contributed by atoms with Gasteiger partial charge in [0, 0.05) is 10.9 Å². The van der Waals surface area contributed by atoms with Crippen LogP contribution in [0.5, 0.6) is 0 Å². The van der Waals surface area contributed by atoms with Crippen molar-refractivity contribution in [2.75, 3.05) is 0 Å². The van der Waals surface area contributed by atoms with Crippen LogP contribution in [-0.2, 0) is 0 Å². The van der Waals surface area contributed by atoms with Gasteiger partial charge in [0.15, 0.2) is 5.82 Å². The summed E-state index contributed by atoms with van der Waals surface area (Å²) >= 11 is 12.5. The largest absolute Gasteiger partial charge is 0.226 e. The summed E-state index contributed by atoms with van der Waals surface area (Å²) in [6, 6.07) is 8.18. The molecule has 5 heteroatoms. The summed E-state index contributed by atoms with van der Waals surface area (Å²) in [5.41, 5.74) is 3.06. The third kappa shape index (κ3) is 2.59. The van der Waals surface area contributed by atoms with Crippen LogP contribution >= 0.6 is 23.2 Å². The molecule has 2 aromatic carbocycles. The van der Waals surface area contributed by atoms with Crippen molar-refractivity contribution in [2.45, 2.75) is 13.8 Å². The minimum Gasteiger partial charge on any atom is -0.226 e. The van der Waals surface area contributed by atoms with Crippen molar-refractivity contribution < 1.29 is 4.39 Å². The van der Waals surface area contributed by atoms with Gasteiger partial charge in [0.05, 0.1) is 10.5 Å². The van der Waals surface area contributed by atoms with E-state index in [1.807, 2.05) is 19.1 Å².